The van der Waals surface area contributed by atoms with Gasteiger partial charge in [-0.3, -0.25) is 15.0 Å². The van der Waals surface area contributed by atoms with Crippen molar-refractivity contribution in [3.05, 3.63) is 0 Å². The zero-order valence-electron chi connectivity index (χ0n) is 11.8. The van der Waals surface area contributed by atoms with Gasteiger partial charge >= 0.3 is 5.97 Å². The van der Waals surface area contributed by atoms with Crippen LogP contribution in [-0.2, 0) is 4.79 Å². The molecule has 0 aromatic heterocycles. The van der Waals surface area contributed by atoms with Crippen molar-refractivity contribution in [3.63, 3.8) is 0 Å². The summed E-state index contributed by atoms with van der Waals surface area (Å²) in [4.78, 5) is 14.0. The molecule has 2 fully saturated rings. The van der Waals surface area contributed by atoms with Gasteiger partial charge in [-0.1, -0.05) is 13.3 Å². The van der Waals surface area contributed by atoms with Crippen LogP contribution in [0, 0.1) is 0 Å². The van der Waals surface area contributed by atoms with E-state index in [2.05, 4.69) is 17.1 Å². The molecule has 4 heteroatoms. The van der Waals surface area contributed by atoms with Gasteiger partial charge in [-0.15, -0.1) is 0 Å². The molecule has 0 aromatic rings. The van der Waals surface area contributed by atoms with Crippen molar-refractivity contribution in [2.75, 3.05) is 6.54 Å². The van der Waals surface area contributed by atoms with E-state index in [-0.39, 0.29) is 0 Å². The first-order chi connectivity index (χ1) is 8.46. The molecule has 0 amide bonds. The molecular weight excluding hydrogens is 228 g/mol. The Morgan fingerprint density at radius 2 is 2.17 bits per heavy atom. The van der Waals surface area contributed by atoms with Crippen LogP contribution in [0.5, 0.6) is 0 Å². The van der Waals surface area contributed by atoms with Crippen molar-refractivity contribution in [3.8, 4) is 0 Å². The number of carboxylic acid groups (broad SMARTS) is 1. The van der Waals surface area contributed by atoms with E-state index < -0.39 is 11.5 Å². The highest BCUT2D eigenvalue weighted by Gasteiger charge is 2.42. The SMILES string of the molecule is CCCC(C)(NC1CC(C)N(C2CC2)C1)C(=O)O. The van der Waals surface area contributed by atoms with Crippen molar-refractivity contribution in [1.82, 2.24) is 10.2 Å². The van der Waals surface area contributed by atoms with E-state index >= 15 is 0 Å². The lowest BCUT2D eigenvalue weighted by atomic mass is 9.94. The van der Waals surface area contributed by atoms with Crippen LogP contribution in [-0.4, -0.2) is 46.2 Å². The minimum absolute atomic E-state index is 0.327. The van der Waals surface area contributed by atoms with Crippen LogP contribution in [0.3, 0.4) is 0 Å². The number of likely N-dealkylation sites (tertiary alicyclic amines) is 1. The molecule has 0 spiro atoms. The molecule has 2 N–H and O–H groups in total. The van der Waals surface area contributed by atoms with E-state index in [1.54, 1.807) is 0 Å². The maximum absolute atomic E-state index is 11.4. The molecule has 1 heterocycles. The van der Waals surface area contributed by atoms with E-state index in [4.69, 9.17) is 0 Å². The lowest BCUT2D eigenvalue weighted by molar-refractivity contribution is -0.144. The van der Waals surface area contributed by atoms with Crippen LogP contribution in [0.25, 0.3) is 0 Å². The summed E-state index contributed by atoms with van der Waals surface area (Å²) in [5.41, 5.74) is -0.765. The van der Waals surface area contributed by atoms with Gasteiger partial charge in [-0.2, -0.15) is 0 Å². The van der Waals surface area contributed by atoms with Gasteiger partial charge < -0.3 is 5.11 Å². The smallest absolute Gasteiger partial charge is 0.323 e. The van der Waals surface area contributed by atoms with Gasteiger partial charge in [0.05, 0.1) is 0 Å². The summed E-state index contributed by atoms with van der Waals surface area (Å²) in [5, 5.41) is 12.8. The van der Waals surface area contributed by atoms with E-state index in [1.165, 1.54) is 12.8 Å². The third kappa shape index (κ3) is 2.86. The average Bonchev–Trinajstić information content (AvgIpc) is 3.04. The molecule has 1 saturated carbocycles. The molecule has 4 nitrogen and oxygen atoms in total. The van der Waals surface area contributed by atoms with Gasteiger partial charge in [-0.25, -0.2) is 0 Å². The molecule has 1 aliphatic carbocycles. The number of hydrogen-bond donors (Lipinski definition) is 2. The van der Waals surface area contributed by atoms with E-state index in [0.29, 0.717) is 18.5 Å². The summed E-state index contributed by atoms with van der Waals surface area (Å²) in [6.07, 6.45) is 5.30. The monoisotopic (exact) mass is 254 g/mol. The fraction of sp³-hybridized carbons (Fsp3) is 0.929. The highest BCUT2D eigenvalue weighted by atomic mass is 16.4. The van der Waals surface area contributed by atoms with Crippen LogP contribution in [0.2, 0.25) is 0 Å². The van der Waals surface area contributed by atoms with Gasteiger partial charge in [0, 0.05) is 24.7 Å². The molecule has 2 aliphatic rings. The minimum Gasteiger partial charge on any atom is -0.480 e. The van der Waals surface area contributed by atoms with Crippen LogP contribution in [0.15, 0.2) is 0 Å². The molecule has 0 aromatic carbocycles. The Kier molecular flexibility index (Phi) is 3.97. The highest BCUT2D eigenvalue weighted by Crippen LogP contribution is 2.33. The summed E-state index contributed by atoms with van der Waals surface area (Å²) in [6.45, 7) is 7.14. The van der Waals surface area contributed by atoms with Crippen molar-refractivity contribution in [1.29, 1.82) is 0 Å². The molecule has 1 saturated heterocycles. The molecule has 2 rings (SSSR count). The van der Waals surface area contributed by atoms with Crippen molar-refractivity contribution < 1.29 is 9.90 Å². The maximum Gasteiger partial charge on any atom is 0.323 e. The number of nitrogens with one attached hydrogen (secondary N) is 1. The number of carbonyl (C=O) groups is 1. The van der Waals surface area contributed by atoms with Crippen molar-refractivity contribution >= 4 is 5.97 Å². The Bertz CT molecular complexity index is 317. The largest absolute Gasteiger partial charge is 0.480 e. The molecule has 1 aliphatic heterocycles. The quantitative estimate of drug-likeness (QED) is 0.759. The average molecular weight is 254 g/mol. The second-order valence-corrected chi connectivity index (χ2v) is 6.24. The zero-order chi connectivity index (χ0) is 13.3. The molecule has 3 unspecified atom stereocenters. The first kappa shape index (κ1) is 13.8. The molecule has 0 radical (unpaired) electrons. The van der Waals surface area contributed by atoms with E-state index in [9.17, 15) is 9.90 Å². The second kappa shape index (κ2) is 5.17. The Morgan fingerprint density at radius 1 is 1.50 bits per heavy atom. The van der Waals surface area contributed by atoms with E-state index in [1.807, 2.05) is 13.8 Å². The topological polar surface area (TPSA) is 52.6 Å². The molecule has 3 atom stereocenters. The summed E-state index contributed by atoms with van der Waals surface area (Å²) in [5.74, 6) is -0.720. The Balaban J connectivity index is 1.94. The predicted molar refractivity (Wildman–Crippen MR) is 71.7 cm³/mol. The second-order valence-electron chi connectivity index (χ2n) is 6.24. The summed E-state index contributed by atoms with van der Waals surface area (Å²) >= 11 is 0. The summed E-state index contributed by atoms with van der Waals surface area (Å²) in [7, 11) is 0. The van der Waals surface area contributed by atoms with E-state index in [0.717, 1.165) is 25.4 Å². The molecule has 104 valence electrons. The van der Waals surface area contributed by atoms with Crippen LogP contribution in [0.1, 0.15) is 52.9 Å². The van der Waals surface area contributed by atoms with Crippen LogP contribution in [0.4, 0.5) is 0 Å². The Morgan fingerprint density at radius 3 is 2.67 bits per heavy atom. The third-order valence-electron chi connectivity index (χ3n) is 4.38. The lowest BCUT2D eigenvalue weighted by Crippen LogP contribution is -2.54. The van der Waals surface area contributed by atoms with Crippen molar-refractivity contribution in [2.45, 2.75) is 76.5 Å². The maximum atomic E-state index is 11.4. The first-order valence-electron chi connectivity index (χ1n) is 7.23. The number of rotatable bonds is 6. The number of nitrogens with zero attached hydrogens (tertiary/aromatic N) is 1. The lowest BCUT2D eigenvalue weighted by Gasteiger charge is -2.29. The Hall–Kier alpha value is -0.610. The van der Waals surface area contributed by atoms with Gasteiger partial charge in [0.15, 0.2) is 0 Å². The molecule has 18 heavy (non-hydrogen) atoms. The number of carboxylic acids is 1. The predicted octanol–water partition coefficient (Wildman–Crippen LogP) is 1.84. The van der Waals surface area contributed by atoms with Crippen LogP contribution < -0.4 is 5.32 Å². The molecule has 0 bridgehead atoms. The third-order valence-corrected chi connectivity index (χ3v) is 4.38. The fourth-order valence-corrected chi connectivity index (χ4v) is 3.27. The Labute approximate surface area is 110 Å². The minimum atomic E-state index is -0.765. The summed E-state index contributed by atoms with van der Waals surface area (Å²) < 4.78 is 0. The number of aliphatic carboxylic acids is 1. The van der Waals surface area contributed by atoms with Gasteiger partial charge in [0.2, 0.25) is 0 Å². The first-order valence-corrected chi connectivity index (χ1v) is 7.23. The van der Waals surface area contributed by atoms with Gasteiger partial charge in [-0.05, 0) is 39.5 Å². The van der Waals surface area contributed by atoms with Gasteiger partial charge in [0.25, 0.3) is 0 Å². The summed E-state index contributed by atoms with van der Waals surface area (Å²) in [6, 6.07) is 1.69. The highest BCUT2D eigenvalue weighted by molar-refractivity contribution is 5.78. The number of hydrogen-bond acceptors (Lipinski definition) is 3. The van der Waals surface area contributed by atoms with Gasteiger partial charge in [0.1, 0.15) is 5.54 Å². The zero-order valence-corrected chi connectivity index (χ0v) is 11.8. The normalized spacial score (nSPS) is 32.4. The van der Waals surface area contributed by atoms with Crippen molar-refractivity contribution in [2.24, 2.45) is 0 Å². The van der Waals surface area contributed by atoms with Crippen LogP contribution >= 0.6 is 0 Å². The standard InChI is InChI=1S/C14H26N2O2/c1-4-7-14(3,13(17)18)15-11-8-10(2)16(9-11)12-5-6-12/h10-12,15H,4-9H2,1-3H3,(H,17,18). The fourth-order valence-electron chi connectivity index (χ4n) is 3.27. The molecular formula is C14H26N2O2.